The van der Waals surface area contributed by atoms with Crippen molar-refractivity contribution in [3.8, 4) is 0 Å². The van der Waals surface area contributed by atoms with Crippen molar-refractivity contribution in [3.63, 3.8) is 0 Å². The summed E-state index contributed by atoms with van der Waals surface area (Å²) < 4.78 is 21.1. The van der Waals surface area contributed by atoms with E-state index in [2.05, 4.69) is 9.97 Å². The number of imidazole rings is 2. The van der Waals surface area contributed by atoms with Crippen LogP contribution < -0.4 is 33.9 Å². The number of nitrogens with one attached hydrogen (secondary N) is 2. The van der Waals surface area contributed by atoms with E-state index in [1.807, 2.05) is 46.6 Å². The molecule has 2 aromatic heterocycles. The average Bonchev–Trinajstić information content (AvgIpc) is 3.45. The number of aliphatic hydroxyl groups is 3. The molecule has 184 valence electrons. The molecule has 0 aliphatic carbocycles. The maximum atomic E-state index is 10.5. The standard InChI is InChI=1S/C20H32N4O6.2ClH/c25-13-16-17(26)18(28-11-3-1-7-23-9-5-21-14-23)19(20(27)30-16)29-12-4-2-8-24-10-6-22-15-24;;/h5-6,9-10,14-20,25-27H,1-4,7-8,11-13H2;2*1H/t16-,17-,18+,19-,20?;;/m1../s1. The van der Waals surface area contributed by atoms with E-state index in [1.54, 1.807) is 0 Å². The number of rotatable bonds is 13. The summed E-state index contributed by atoms with van der Waals surface area (Å²) in [5.41, 5.74) is 0. The molecular weight excluding hydrogens is 463 g/mol. The smallest absolute Gasteiger partial charge is 0.241 e. The minimum Gasteiger partial charge on any atom is -1.00 e. The summed E-state index contributed by atoms with van der Waals surface area (Å²) in [6.45, 7) is 2.16. The summed E-state index contributed by atoms with van der Waals surface area (Å²) in [6, 6.07) is 0. The van der Waals surface area contributed by atoms with Gasteiger partial charge in [0.1, 0.15) is 49.2 Å². The van der Waals surface area contributed by atoms with Crippen molar-refractivity contribution < 1.29 is 63.5 Å². The molecule has 0 aromatic carbocycles. The van der Waals surface area contributed by atoms with Gasteiger partial charge in [-0.25, -0.2) is 9.13 Å². The molecule has 2 aromatic rings. The molecule has 5 atom stereocenters. The van der Waals surface area contributed by atoms with Gasteiger partial charge in [-0.05, 0) is 25.7 Å². The van der Waals surface area contributed by atoms with E-state index in [9.17, 15) is 15.3 Å². The van der Waals surface area contributed by atoms with Gasteiger partial charge < -0.3 is 54.3 Å². The quantitative estimate of drug-likeness (QED) is 0.138. The van der Waals surface area contributed by atoms with Crippen molar-refractivity contribution in [1.82, 2.24) is 9.97 Å². The second-order valence-electron chi connectivity index (χ2n) is 7.52. The van der Waals surface area contributed by atoms with Crippen LogP contribution in [0, 0.1) is 0 Å². The van der Waals surface area contributed by atoms with E-state index in [-0.39, 0.29) is 24.8 Å². The van der Waals surface area contributed by atoms with E-state index in [4.69, 9.17) is 14.2 Å². The Labute approximate surface area is 200 Å². The lowest BCUT2D eigenvalue weighted by Gasteiger charge is -2.42. The van der Waals surface area contributed by atoms with E-state index in [0.29, 0.717) is 13.2 Å². The molecule has 1 fully saturated rings. The zero-order valence-electron chi connectivity index (χ0n) is 17.9. The second-order valence-corrected chi connectivity index (χ2v) is 7.52. The Morgan fingerprint density at radius 2 is 1.34 bits per heavy atom. The molecule has 1 aliphatic rings. The summed E-state index contributed by atoms with van der Waals surface area (Å²) in [4.78, 5) is 6.00. The number of nitrogens with zero attached hydrogens (tertiary/aromatic N) is 2. The Morgan fingerprint density at radius 3 is 1.81 bits per heavy atom. The SMILES string of the molecule is OC[C@H]1OC(O)[C@H](OCCCC[n+]2cc[nH]c2)[C@@H](OCCCC[n+]2cc[nH]c2)[C@@H]1O.[Cl-].[Cl-]. The largest absolute Gasteiger partial charge is 1.00 e. The predicted octanol–water partition coefficient (Wildman–Crippen LogP) is -6.97. The topological polar surface area (TPSA) is 128 Å². The van der Waals surface area contributed by atoms with Gasteiger partial charge in [0.15, 0.2) is 6.29 Å². The summed E-state index contributed by atoms with van der Waals surface area (Å²) in [7, 11) is 0. The van der Waals surface area contributed by atoms with Gasteiger partial charge in [-0.2, -0.15) is 0 Å². The molecule has 0 bridgehead atoms. The summed E-state index contributed by atoms with van der Waals surface area (Å²) in [6.07, 6.45) is 10.1. The van der Waals surface area contributed by atoms with Crippen molar-refractivity contribution in [2.24, 2.45) is 0 Å². The molecule has 1 aliphatic heterocycles. The minimum atomic E-state index is -1.26. The fourth-order valence-electron chi connectivity index (χ4n) is 3.58. The number of aromatic nitrogens is 4. The van der Waals surface area contributed by atoms with Crippen LogP contribution in [0.15, 0.2) is 37.4 Å². The van der Waals surface area contributed by atoms with Crippen molar-refractivity contribution in [3.05, 3.63) is 37.4 Å². The molecule has 5 N–H and O–H groups in total. The monoisotopic (exact) mass is 496 g/mol. The molecule has 10 nitrogen and oxygen atoms in total. The van der Waals surface area contributed by atoms with Crippen molar-refractivity contribution in [2.45, 2.75) is 69.5 Å². The number of unbranched alkanes of at least 4 members (excludes halogenated alkanes) is 2. The van der Waals surface area contributed by atoms with Crippen LogP contribution in [-0.2, 0) is 27.3 Å². The van der Waals surface area contributed by atoms with Gasteiger partial charge in [0.25, 0.3) is 0 Å². The highest BCUT2D eigenvalue weighted by atomic mass is 35.5. The normalized spacial score (nSPS) is 25.2. The summed E-state index contributed by atoms with van der Waals surface area (Å²) >= 11 is 0. The first-order valence-electron chi connectivity index (χ1n) is 10.6. The Hall–Kier alpha value is -1.24. The maximum absolute atomic E-state index is 10.5. The van der Waals surface area contributed by atoms with Crippen LogP contribution >= 0.6 is 0 Å². The molecule has 0 saturated carbocycles. The van der Waals surface area contributed by atoms with Gasteiger partial charge in [-0.15, -0.1) is 0 Å². The fourth-order valence-corrected chi connectivity index (χ4v) is 3.58. The van der Waals surface area contributed by atoms with E-state index < -0.39 is 37.3 Å². The minimum absolute atomic E-state index is 0. The summed E-state index contributed by atoms with van der Waals surface area (Å²) in [5, 5.41) is 30.3. The van der Waals surface area contributed by atoms with Crippen LogP contribution in [0.25, 0.3) is 0 Å². The van der Waals surface area contributed by atoms with Gasteiger partial charge in [-0.3, -0.25) is 9.97 Å². The maximum Gasteiger partial charge on any atom is 0.241 e. The van der Waals surface area contributed by atoms with Crippen LogP contribution in [0.1, 0.15) is 25.7 Å². The zero-order chi connectivity index (χ0) is 21.2. The fraction of sp³-hybridized carbons (Fsp3) is 0.700. The van der Waals surface area contributed by atoms with Crippen molar-refractivity contribution >= 4 is 0 Å². The average molecular weight is 497 g/mol. The van der Waals surface area contributed by atoms with Crippen LogP contribution in [0.4, 0.5) is 0 Å². The van der Waals surface area contributed by atoms with E-state index >= 15 is 0 Å². The van der Waals surface area contributed by atoms with E-state index in [0.717, 1.165) is 38.8 Å². The number of hydrogen-bond donors (Lipinski definition) is 5. The molecular formula is C20H34Cl2N4O6. The lowest BCUT2D eigenvalue weighted by atomic mass is 9.98. The number of hydrogen-bond acceptors (Lipinski definition) is 6. The molecule has 12 heteroatoms. The lowest BCUT2D eigenvalue weighted by molar-refractivity contribution is -0.696. The number of H-pyrrole nitrogens is 2. The van der Waals surface area contributed by atoms with Gasteiger partial charge in [0.05, 0.1) is 19.7 Å². The van der Waals surface area contributed by atoms with E-state index in [1.165, 1.54) is 0 Å². The first kappa shape index (κ1) is 28.8. The first-order valence-corrected chi connectivity index (χ1v) is 10.6. The number of aryl methyl sites for hydroxylation is 2. The molecule has 1 unspecified atom stereocenters. The van der Waals surface area contributed by atoms with Crippen molar-refractivity contribution in [2.75, 3.05) is 19.8 Å². The molecule has 0 spiro atoms. The highest BCUT2D eigenvalue weighted by Gasteiger charge is 2.45. The third-order valence-electron chi connectivity index (χ3n) is 5.26. The van der Waals surface area contributed by atoms with Crippen molar-refractivity contribution in [1.29, 1.82) is 0 Å². The lowest BCUT2D eigenvalue weighted by Crippen LogP contribution is -3.00. The Balaban J connectivity index is 0.00000256. The Morgan fingerprint density at radius 1 is 0.812 bits per heavy atom. The first-order chi connectivity index (χ1) is 14.7. The number of aromatic amines is 2. The summed E-state index contributed by atoms with van der Waals surface area (Å²) in [5.74, 6) is 0. The molecule has 0 radical (unpaired) electrons. The van der Waals surface area contributed by atoms with Crippen LogP contribution in [-0.4, -0.2) is 75.8 Å². The van der Waals surface area contributed by atoms with Gasteiger partial charge in [0.2, 0.25) is 12.7 Å². The molecule has 32 heavy (non-hydrogen) atoms. The van der Waals surface area contributed by atoms with Crippen LogP contribution in [0.3, 0.4) is 0 Å². The molecule has 0 amide bonds. The molecule has 3 rings (SSSR count). The third-order valence-corrected chi connectivity index (χ3v) is 5.26. The second kappa shape index (κ2) is 15.6. The van der Waals surface area contributed by atoms with Crippen LogP contribution in [0.2, 0.25) is 0 Å². The Bertz CT molecular complexity index is 694. The predicted molar refractivity (Wildman–Crippen MR) is 104 cm³/mol. The van der Waals surface area contributed by atoms with Gasteiger partial charge >= 0.3 is 0 Å². The molecule has 3 heterocycles. The zero-order valence-corrected chi connectivity index (χ0v) is 19.4. The molecule has 1 saturated heterocycles. The third kappa shape index (κ3) is 8.60. The van der Waals surface area contributed by atoms with Gasteiger partial charge in [0, 0.05) is 13.2 Å². The number of ether oxygens (including phenoxy) is 3. The Kier molecular flexibility index (Phi) is 14.0. The van der Waals surface area contributed by atoms with Gasteiger partial charge in [-0.1, -0.05) is 0 Å². The highest BCUT2D eigenvalue weighted by molar-refractivity contribution is 4.90. The highest BCUT2D eigenvalue weighted by Crippen LogP contribution is 2.25. The number of aliphatic hydroxyl groups excluding tert-OH is 3. The number of halogens is 2. The van der Waals surface area contributed by atoms with Crippen LogP contribution in [0.5, 0.6) is 0 Å².